The average molecular weight is 359 g/mol. The van der Waals surface area contributed by atoms with Crippen LogP contribution in [0.2, 0.25) is 0 Å². The van der Waals surface area contributed by atoms with Crippen molar-refractivity contribution >= 4 is 12.4 Å². The van der Waals surface area contributed by atoms with Crippen LogP contribution in [0.4, 0.5) is 4.39 Å². The Morgan fingerprint density at radius 2 is 1.76 bits per heavy atom. The van der Waals surface area contributed by atoms with Crippen LogP contribution in [-0.4, -0.2) is 28.3 Å². The van der Waals surface area contributed by atoms with Crippen LogP contribution in [0.3, 0.4) is 0 Å². The summed E-state index contributed by atoms with van der Waals surface area (Å²) in [5.41, 5.74) is 5.10. The highest BCUT2D eigenvalue weighted by molar-refractivity contribution is 5.85. The fourth-order valence-electron chi connectivity index (χ4n) is 3.38. The van der Waals surface area contributed by atoms with E-state index < -0.39 is 0 Å². The van der Waals surface area contributed by atoms with Crippen LogP contribution < -0.4 is 5.32 Å². The summed E-state index contributed by atoms with van der Waals surface area (Å²) >= 11 is 0. The fourth-order valence-corrected chi connectivity index (χ4v) is 3.38. The maximum absolute atomic E-state index is 13.3. The molecule has 4 rings (SSSR count). The summed E-state index contributed by atoms with van der Waals surface area (Å²) in [5.74, 6) is 0.167. The van der Waals surface area contributed by atoms with Gasteiger partial charge in [0.1, 0.15) is 11.5 Å². The van der Waals surface area contributed by atoms with Crippen LogP contribution in [-0.2, 0) is 0 Å². The van der Waals surface area contributed by atoms with Crippen LogP contribution in [0.15, 0.2) is 48.8 Å². The smallest absolute Gasteiger partial charge is 0.123 e. The normalized spacial score (nSPS) is 17.1. The lowest BCUT2D eigenvalue weighted by molar-refractivity contribution is 0.455. The van der Waals surface area contributed by atoms with E-state index in [2.05, 4.69) is 20.5 Å². The molecule has 25 heavy (non-hydrogen) atoms. The molecule has 6 heteroatoms. The number of halogens is 2. The Morgan fingerprint density at radius 1 is 1.00 bits per heavy atom. The molecule has 1 unspecified atom stereocenters. The molecule has 0 bridgehead atoms. The van der Waals surface area contributed by atoms with Gasteiger partial charge in [0, 0.05) is 41.7 Å². The topological polar surface area (TPSA) is 53.6 Å². The molecule has 1 aliphatic rings. The third kappa shape index (κ3) is 3.57. The zero-order valence-corrected chi connectivity index (χ0v) is 14.5. The predicted octanol–water partition coefficient (Wildman–Crippen LogP) is 4.17. The second kappa shape index (κ2) is 7.76. The largest absolute Gasteiger partial charge is 0.316 e. The number of pyridine rings is 1. The summed E-state index contributed by atoms with van der Waals surface area (Å²) in [6.45, 7) is 2.02. The Morgan fingerprint density at radius 3 is 2.44 bits per heavy atom. The number of nitrogens with one attached hydrogen (secondary N) is 2. The fraction of sp³-hybridized carbons (Fsp3) is 0.263. The van der Waals surface area contributed by atoms with Gasteiger partial charge in [-0.3, -0.25) is 10.1 Å². The van der Waals surface area contributed by atoms with Gasteiger partial charge in [-0.1, -0.05) is 0 Å². The predicted molar refractivity (Wildman–Crippen MR) is 99.3 cm³/mol. The van der Waals surface area contributed by atoms with Crippen LogP contribution >= 0.6 is 12.4 Å². The molecule has 0 saturated carbocycles. The third-order valence-electron chi connectivity index (χ3n) is 4.59. The van der Waals surface area contributed by atoms with E-state index in [4.69, 9.17) is 0 Å². The average Bonchev–Trinajstić information content (AvgIpc) is 3.09. The monoisotopic (exact) mass is 358 g/mol. The number of aromatic amines is 1. The van der Waals surface area contributed by atoms with Gasteiger partial charge in [0.15, 0.2) is 0 Å². The van der Waals surface area contributed by atoms with Gasteiger partial charge in [0.05, 0.1) is 0 Å². The molecule has 3 heterocycles. The van der Waals surface area contributed by atoms with Crippen LogP contribution in [0, 0.1) is 5.82 Å². The summed E-state index contributed by atoms with van der Waals surface area (Å²) < 4.78 is 13.3. The summed E-state index contributed by atoms with van der Waals surface area (Å²) in [4.78, 5) is 4.12. The maximum atomic E-state index is 13.3. The van der Waals surface area contributed by atoms with Gasteiger partial charge in [-0.25, -0.2) is 4.39 Å². The number of hydrogen-bond acceptors (Lipinski definition) is 3. The molecule has 1 fully saturated rings. The minimum atomic E-state index is -0.239. The molecule has 0 radical (unpaired) electrons. The zero-order chi connectivity index (χ0) is 16.4. The van der Waals surface area contributed by atoms with Crippen molar-refractivity contribution < 1.29 is 4.39 Å². The minimum Gasteiger partial charge on any atom is -0.316 e. The van der Waals surface area contributed by atoms with Crippen molar-refractivity contribution in [1.82, 2.24) is 20.5 Å². The van der Waals surface area contributed by atoms with E-state index in [1.807, 2.05) is 12.1 Å². The molecule has 0 aliphatic carbocycles. The molecule has 2 N–H and O–H groups in total. The Bertz CT molecular complexity index is 811. The van der Waals surface area contributed by atoms with Crippen molar-refractivity contribution in [3.05, 3.63) is 60.3 Å². The first-order valence-electron chi connectivity index (χ1n) is 8.28. The van der Waals surface area contributed by atoms with Crippen LogP contribution in [0.1, 0.15) is 24.5 Å². The molecule has 0 amide bonds. The molecule has 130 valence electrons. The number of piperidine rings is 1. The van der Waals surface area contributed by atoms with E-state index in [-0.39, 0.29) is 18.2 Å². The lowest BCUT2D eigenvalue weighted by Crippen LogP contribution is -2.28. The van der Waals surface area contributed by atoms with Gasteiger partial charge < -0.3 is 5.32 Å². The molecule has 2 aromatic heterocycles. The maximum Gasteiger partial charge on any atom is 0.123 e. The lowest BCUT2D eigenvalue weighted by atomic mass is 9.89. The molecule has 1 atom stereocenters. The third-order valence-corrected chi connectivity index (χ3v) is 4.59. The molecule has 1 saturated heterocycles. The first-order chi connectivity index (χ1) is 11.8. The van der Waals surface area contributed by atoms with Gasteiger partial charge in [-0.05, 0) is 61.3 Å². The Kier molecular flexibility index (Phi) is 5.46. The lowest BCUT2D eigenvalue weighted by Gasteiger charge is -2.23. The highest BCUT2D eigenvalue weighted by Crippen LogP contribution is 2.38. The molecule has 0 spiro atoms. The highest BCUT2D eigenvalue weighted by Gasteiger charge is 2.24. The summed E-state index contributed by atoms with van der Waals surface area (Å²) in [7, 11) is 0. The summed E-state index contributed by atoms with van der Waals surface area (Å²) in [5, 5.41) is 11.3. The van der Waals surface area contributed by atoms with Crippen molar-refractivity contribution in [2.75, 3.05) is 13.1 Å². The quantitative estimate of drug-likeness (QED) is 0.739. The van der Waals surface area contributed by atoms with Gasteiger partial charge in [0.2, 0.25) is 0 Å². The SMILES string of the molecule is Cl.Fc1ccc(-c2n[nH]c(C3CCCNC3)c2-c2ccncc2)cc1. The van der Waals surface area contributed by atoms with Crippen molar-refractivity contribution in [3.8, 4) is 22.4 Å². The number of H-pyrrole nitrogens is 1. The number of nitrogens with zero attached hydrogens (tertiary/aromatic N) is 2. The van der Waals surface area contributed by atoms with Gasteiger partial charge >= 0.3 is 0 Å². The van der Waals surface area contributed by atoms with E-state index in [1.54, 1.807) is 24.5 Å². The van der Waals surface area contributed by atoms with Gasteiger partial charge in [0.25, 0.3) is 0 Å². The van der Waals surface area contributed by atoms with Crippen molar-refractivity contribution in [2.24, 2.45) is 0 Å². The molecular formula is C19H20ClFN4. The van der Waals surface area contributed by atoms with E-state index in [1.165, 1.54) is 12.1 Å². The molecular weight excluding hydrogens is 339 g/mol. The summed E-state index contributed by atoms with van der Waals surface area (Å²) in [6.07, 6.45) is 5.88. The zero-order valence-electron chi connectivity index (χ0n) is 13.7. The Labute approximate surface area is 152 Å². The number of hydrogen-bond donors (Lipinski definition) is 2. The minimum absolute atomic E-state index is 0. The van der Waals surface area contributed by atoms with E-state index in [9.17, 15) is 4.39 Å². The van der Waals surface area contributed by atoms with Crippen molar-refractivity contribution in [2.45, 2.75) is 18.8 Å². The van der Waals surface area contributed by atoms with Crippen molar-refractivity contribution in [1.29, 1.82) is 0 Å². The summed E-state index contributed by atoms with van der Waals surface area (Å²) in [6, 6.07) is 10.5. The van der Waals surface area contributed by atoms with E-state index >= 15 is 0 Å². The Balaban J connectivity index is 0.00000182. The molecule has 1 aromatic carbocycles. The van der Waals surface area contributed by atoms with Crippen LogP contribution in [0.5, 0.6) is 0 Å². The second-order valence-electron chi connectivity index (χ2n) is 6.15. The molecule has 1 aliphatic heterocycles. The molecule has 3 aromatic rings. The first-order valence-corrected chi connectivity index (χ1v) is 8.28. The van der Waals surface area contributed by atoms with Crippen molar-refractivity contribution in [3.63, 3.8) is 0 Å². The van der Waals surface area contributed by atoms with E-state index in [0.29, 0.717) is 5.92 Å². The first kappa shape index (κ1) is 17.6. The second-order valence-corrected chi connectivity index (χ2v) is 6.15. The number of benzene rings is 1. The van der Waals surface area contributed by atoms with E-state index in [0.717, 1.165) is 54.0 Å². The van der Waals surface area contributed by atoms with Gasteiger partial charge in [-0.2, -0.15) is 5.10 Å². The number of aromatic nitrogens is 3. The highest BCUT2D eigenvalue weighted by atomic mass is 35.5. The standard InChI is InChI=1S/C19H19FN4.ClH/c20-16-5-3-14(4-6-16)18-17(13-7-10-21-11-8-13)19(24-23-18)15-2-1-9-22-12-15;/h3-8,10-11,15,22H,1-2,9,12H2,(H,23,24);1H. The van der Waals surface area contributed by atoms with Crippen LogP contribution in [0.25, 0.3) is 22.4 Å². The Hall–Kier alpha value is -2.24. The van der Waals surface area contributed by atoms with Gasteiger partial charge in [-0.15, -0.1) is 12.4 Å². The number of rotatable bonds is 3. The molecule has 4 nitrogen and oxygen atoms in total.